The van der Waals surface area contributed by atoms with Crippen LogP contribution in [0.5, 0.6) is 0 Å². The predicted octanol–water partition coefficient (Wildman–Crippen LogP) is -0.0575. The molecule has 0 radical (unpaired) electrons. The summed E-state index contributed by atoms with van der Waals surface area (Å²) in [6, 6.07) is 0. The van der Waals surface area contributed by atoms with Gasteiger partial charge in [-0.1, -0.05) is 0 Å². The van der Waals surface area contributed by atoms with Crippen LogP contribution in [0.2, 0.25) is 0 Å². The molecule has 0 bridgehead atoms. The van der Waals surface area contributed by atoms with Crippen LogP contribution in [0.15, 0.2) is 0 Å². The van der Waals surface area contributed by atoms with E-state index in [1.165, 1.54) is 0 Å². The Bertz CT molecular complexity index is 194. The number of hydrogen-bond acceptors (Lipinski definition) is 3. The Morgan fingerprint density at radius 3 is 2.23 bits per heavy atom. The Hall–Kier alpha value is -0.820. The minimum atomic E-state index is -4.56. The zero-order valence-electron chi connectivity index (χ0n) is 7.22. The van der Waals surface area contributed by atoms with Crippen LogP contribution in [0.4, 0.5) is 18.0 Å². The number of hydrogen-bond donors (Lipinski definition) is 0. The van der Waals surface area contributed by atoms with Crippen molar-refractivity contribution in [2.45, 2.75) is 6.18 Å². The van der Waals surface area contributed by atoms with E-state index in [0.717, 1.165) is 14.2 Å². The molecule has 1 amide bonds. The maximum atomic E-state index is 11.9. The highest BCUT2D eigenvalue weighted by atomic mass is 19.4. The molecule has 0 fully saturated rings. The summed E-state index contributed by atoms with van der Waals surface area (Å²) >= 11 is 0. The Balaban J connectivity index is 4.51. The number of carbonyl (C=O) groups is 1. The van der Waals surface area contributed by atoms with E-state index in [2.05, 4.69) is 4.74 Å². The van der Waals surface area contributed by atoms with Crippen molar-refractivity contribution in [3.05, 3.63) is 0 Å². The predicted molar refractivity (Wildman–Crippen MR) is 34.4 cm³/mol. The Morgan fingerprint density at radius 1 is 1.54 bits per heavy atom. The SMILES string of the molecule is COC[N+](C)(CC(F)(F)F)C(=O)[O-]. The molecule has 0 spiro atoms. The first kappa shape index (κ1) is 12.2. The number of rotatable bonds is 3. The third kappa shape index (κ3) is 4.09. The smallest absolute Gasteiger partial charge is 0.438 e. The highest BCUT2D eigenvalue weighted by molar-refractivity contribution is 5.53. The number of methoxy groups -OCH3 is 1. The quantitative estimate of drug-likeness (QED) is 0.475. The van der Waals surface area contributed by atoms with E-state index in [1.807, 2.05) is 0 Å². The molecule has 0 aliphatic heterocycles. The lowest BCUT2D eigenvalue weighted by atomic mass is 10.5. The minimum Gasteiger partial charge on any atom is -0.498 e. The maximum Gasteiger partial charge on any atom is 0.438 e. The molecular weight excluding hydrogens is 191 g/mol. The second kappa shape index (κ2) is 3.93. The zero-order chi connectivity index (χ0) is 10.7. The fourth-order valence-corrected chi connectivity index (χ4v) is 0.844. The molecule has 0 aliphatic rings. The molecule has 0 aromatic rings. The largest absolute Gasteiger partial charge is 0.498 e. The molecule has 0 heterocycles. The summed E-state index contributed by atoms with van der Waals surface area (Å²) in [6.45, 7) is -2.09. The van der Waals surface area contributed by atoms with Crippen molar-refractivity contribution in [1.29, 1.82) is 0 Å². The van der Waals surface area contributed by atoms with Crippen LogP contribution in [0.25, 0.3) is 0 Å². The summed E-state index contributed by atoms with van der Waals surface area (Å²) in [7, 11) is 2.00. The van der Waals surface area contributed by atoms with Crippen molar-refractivity contribution in [1.82, 2.24) is 0 Å². The van der Waals surface area contributed by atoms with Gasteiger partial charge in [0, 0.05) is 7.11 Å². The van der Waals surface area contributed by atoms with Crippen LogP contribution in [-0.2, 0) is 4.74 Å². The number of quaternary nitrogens is 1. The summed E-state index contributed by atoms with van der Waals surface area (Å²) in [5.74, 6) is 0. The van der Waals surface area contributed by atoms with E-state index >= 15 is 0 Å². The number of amides is 1. The van der Waals surface area contributed by atoms with Crippen LogP contribution < -0.4 is 5.11 Å². The summed E-state index contributed by atoms with van der Waals surface area (Å²) < 4.78 is 38.6. The lowest BCUT2D eigenvalue weighted by Crippen LogP contribution is -2.60. The van der Waals surface area contributed by atoms with Gasteiger partial charge in [0.2, 0.25) is 0 Å². The third-order valence-corrected chi connectivity index (χ3v) is 1.38. The Labute approximate surface area is 73.1 Å². The first-order valence-electron chi connectivity index (χ1n) is 3.33. The van der Waals surface area contributed by atoms with E-state index in [9.17, 15) is 23.1 Å². The normalized spacial score (nSPS) is 16.7. The van der Waals surface area contributed by atoms with Gasteiger partial charge in [-0.2, -0.15) is 13.2 Å². The van der Waals surface area contributed by atoms with Crippen LogP contribution in [0, 0.1) is 0 Å². The van der Waals surface area contributed by atoms with E-state index in [4.69, 9.17) is 0 Å². The van der Waals surface area contributed by atoms with Gasteiger partial charge in [-0.15, -0.1) is 0 Å². The van der Waals surface area contributed by atoms with E-state index in [1.54, 1.807) is 0 Å². The van der Waals surface area contributed by atoms with Crippen molar-refractivity contribution >= 4 is 6.09 Å². The minimum absolute atomic E-state index is 0.582. The molecular formula is C6H10F3NO3. The lowest BCUT2D eigenvalue weighted by Gasteiger charge is -2.32. The number of carboxylic acid groups (broad SMARTS) is 1. The molecule has 0 aromatic carbocycles. The number of alkyl halides is 3. The standard InChI is InChI=1S/C6H10F3NO3/c1-10(4-13-2,5(11)12)3-6(7,8)9/h3-4H2,1-2H3. The Kier molecular flexibility index (Phi) is 3.68. The number of nitrogens with zero attached hydrogens (tertiary/aromatic N) is 1. The number of halogens is 3. The molecule has 7 heteroatoms. The van der Waals surface area contributed by atoms with E-state index in [0.29, 0.717) is 0 Å². The number of carbonyl (C=O) groups excluding carboxylic acids is 1. The van der Waals surface area contributed by atoms with Crippen LogP contribution >= 0.6 is 0 Å². The van der Waals surface area contributed by atoms with Crippen molar-refractivity contribution in [2.75, 3.05) is 27.4 Å². The molecule has 78 valence electrons. The van der Waals surface area contributed by atoms with E-state index < -0.39 is 30.0 Å². The molecule has 0 saturated carbocycles. The van der Waals surface area contributed by atoms with Gasteiger partial charge in [-0.05, 0) is 0 Å². The van der Waals surface area contributed by atoms with Crippen LogP contribution in [0.3, 0.4) is 0 Å². The summed E-state index contributed by atoms with van der Waals surface area (Å²) in [6.07, 6.45) is -6.38. The molecule has 1 atom stereocenters. The maximum absolute atomic E-state index is 11.9. The van der Waals surface area contributed by atoms with E-state index in [-0.39, 0.29) is 0 Å². The van der Waals surface area contributed by atoms with Crippen LogP contribution in [-0.4, -0.2) is 44.2 Å². The van der Waals surface area contributed by atoms with Gasteiger partial charge in [0.05, 0.1) is 7.05 Å². The van der Waals surface area contributed by atoms with Crippen molar-refractivity contribution in [2.24, 2.45) is 0 Å². The van der Waals surface area contributed by atoms with Gasteiger partial charge in [0.1, 0.15) is 0 Å². The highest BCUT2D eigenvalue weighted by Gasteiger charge is 2.41. The van der Waals surface area contributed by atoms with Crippen molar-refractivity contribution in [3.63, 3.8) is 0 Å². The molecule has 0 aliphatic carbocycles. The van der Waals surface area contributed by atoms with Gasteiger partial charge in [-0.3, -0.25) is 0 Å². The molecule has 0 rings (SSSR count). The summed E-state index contributed by atoms with van der Waals surface area (Å²) in [5.41, 5.74) is 0. The highest BCUT2D eigenvalue weighted by Crippen LogP contribution is 2.20. The topological polar surface area (TPSA) is 49.4 Å². The Morgan fingerprint density at radius 2 is 2.00 bits per heavy atom. The van der Waals surface area contributed by atoms with Gasteiger partial charge >= 0.3 is 6.18 Å². The average molecular weight is 201 g/mol. The summed E-state index contributed by atoms with van der Waals surface area (Å²) in [5, 5.41) is 10.4. The fraction of sp³-hybridized carbons (Fsp3) is 0.833. The summed E-state index contributed by atoms with van der Waals surface area (Å²) in [4.78, 5) is 10.4. The fourth-order valence-electron chi connectivity index (χ4n) is 0.844. The van der Waals surface area contributed by atoms with Crippen molar-refractivity contribution < 1.29 is 32.3 Å². The third-order valence-electron chi connectivity index (χ3n) is 1.38. The van der Waals surface area contributed by atoms with Gasteiger partial charge in [0.15, 0.2) is 13.3 Å². The molecule has 0 aromatic heterocycles. The van der Waals surface area contributed by atoms with Gasteiger partial charge in [0.25, 0.3) is 6.09 Å². The molecule has 0 N–H and O–H groups in total. The second-order valence-corrected chi connectivity index (χ2v) is 2.85. The molecule has 0 saturated heterocycles. The zero-order valence-corrected chi connectivity index (χ0v) is 7.22. The average Bonchev–Trinajstić information content (AvgIpc) is 1.82. The first-order chi connectivity index (χ1) is 5.71. The monoisotopic (exact) mass is 201 g/mol. The molecule has 1 unspecified atom stereocenters. The number of ether oxygens (including phenoxy) is 1. The van der Waals surface area contributed by atoms with Gasteiger partial charge < -0.3 is 14.6 Å². The molecule has 13 heavy (non-hydrogen) atoms. The second-order valence-electron chi connectivity index (χ2n) is 2.85. The first-order valence-corrected chi connectivity index (χ1v) is 3.33. The lowest BCUT2D eigenvalue weighted by molar-refractivity contribution is -0.886. The van der Waals surface area contributed by atoms with Gasteiger partial charge in [-0.25, -0.2) is 4.48 Å². The van der Waals surface area contributed by atoms with Crippen LogP contribution in [0.1, 0.15) is 0 Å². The molecule has 4 nitrogen and oxygen atoms in total. The van der Waals surface area contributed by atoms with Crippen molar-refractivity contribution in [3.8, 4) is 0 Å².